The zero-order chi connectivity index (χ0) is 21.9. The summed E-state index contributed by atoms with van der Waals surface area (Å²) in [5.41, 5.74) is -0.587. The van der Waals surface area contributed by atoms with Crippen molar-refractivity contribution in [2.75, 3.05) is 0 Å². The summed E-state index contributed by atoms with van der Waals surface area (Å²) >= 11 is 5.04. The van der Waals surface area contributed by atoms with Crippen molar-refractivity contribution in [1.29, 1.82) is 0 Å². The first-order valence-electron chi connectivity index (χ1n) is 9.74. The summed E-state index contributed by atoms with van der Waals surface area (Å²) in [4.78, 5) is 16.9. The fourth-order valence-electron chi connectivity index (χ4n) is 2.41. The molecule has 0 aliphatic carbocycles. The van der Waals surface area contributed by atoms with E-state index in [0.29, 0.717) is 18.2 Å². The molecule has 1 unspecified atom stereocenters. The van der Waals surface area contributed by atoms with E-state index >= 15 is 0 Å². The van der Waals surface area contributed by atoms with Crippen molar-refractivity contribution < 1.29 is 18.5 Å². The second-order valence-electron chi connectivity index (χ2n) is 10.1. The van der Waals surface area contributed by atoms with Crippen LogP contribution in [0, 0.1) is 10.8 Å². The number of hydrogen-bond acceptors (Lipinski definition) is 6. The van der Waals surface area contributed by atoms with Crippen LogP contribution in [0.1, 0.15) is 73.7 Å². The van der Waals surface area contributed by atoms with Crippen molar-refractivity contribution in [1.82, 2.24) is 15.5 Å². The van der Waals surface area contributed by atoms with Crippen molar-refractivity contribution in [2.24, 2.45) is 5.92 Å². The first-order valence-corrected chi connectivity index (χ1v) is 13.1. The predicted molar refractivity (Wildman–Crippen MR) is 115 cm³/mol. The summed E-state index contributed by atoms with van der Waals surface area (Å²) in [5, 5.41) is 5.74. The van der Waals surface area contributed by atoms with Crippen LogP contribution >= 0.6 is 12.2 Å². The van der Waals surface area contributed by atoms with Crippen molar-refractivity contribution >= 4 is 26.6 Å². The number of hydrogen-bond donors (Lipinski definition) is 2. The van der Waals surface area contributed by atoms with Crippen LogP contribution in [0.2, 0.25) is 18.1 Å². The van der Waals surface area contributed by atoms with E-state index in [9.17, 15) is 4.79 Å². The second-order valence-corrected chi connectivity index (χ2v) is 15.3. The van der Waals surface area contributed by atoms with E-state index in [1.165, 1.54) is 0 Å². The average Bonchev–Trinajstić information content (AvgIpc) is 2.86. The summed E-state index contributed by atoms with van der Waals surface area (Å²) in [6.07, 6.45) is -0.313. The SMILES string of the molecule is CC(C)C[C@H](NC(=O)OC(C)(C)C)C(O[Si](C)(C)C(C)(C)C)c1nc(=S)o[nH]1. The largest absolute Gasteiger partial charge is 0.444 e. The van der Waals surface area contributed by atoms with E-state index in [4.69, 9.17) is 25.9 Å². The Morgan fingerprint density at radius 3 is 2.21 bits per heavy atom. The predicted octanol–water partition coefficient (Wildman–Crippen LogP) is 5.73. The standard InChI is InChI=1S/C19H37N3O4SSi/c1-12(2)11-13(20-16(23)24-18(3,4)5)14(15-21-17(27)25-22-15)26-28(9,10)19(6,7)8/h12-14H,11H2,1-10H3,(H,20,23)(H,21,22,27)/t13-,14?/m0/s1. The molecule has 9 heteroatoms. The molecule has 0 aliphatic heterocycles. The van der Waals surface area contributed by atoms with Crippen LogP contribution in [-0.4, -0.2) is 36.2 Å². The van der Waals surface area contributed by atoms with E-state index < -0.39 is 26.1 Å². The van der Waals surface area contributed by atoms with Crippen molar-refractivity contribution in [2.45, 2.75) is 97.7 Å². The van der Waals surface area contributed by atoms with Gasteiger partial charge < -0.3 is 19.0 Å². The first-order chi connectivity index (χ1) is 12.5. The van der Waals surface area contributed by atoms with Crippen LogP contribution in [0.3, 0.4) is 0 Å². The number of nitrogens with zero attached hydrogens (tertiary/aromatic N) is 1. The summed E-state index contributed by atoms with van der Waals surface area (Å²) in [7, 11) is -2.18. The molecular formula is C19H37N3O4SSi. The average molecular weight is 432 g/mol. The lowest BCUT2D eigenvalue weighted by molar-refractivity contribution is 0.0404. The van der Waals surface area contributed by atoms with Gasteiger partial charge >= 0.3 is 10.9 Å². The lowest BCUT2D eigenvalue weighted by atomic mass is 9.99. The first kappa shape index (κ1) is 24.8. The van der Waals surface area contributed by atoms with Gasteiger partial charge in [-0.25, -0.2) is 9.95 Å². The third kappa shape index (κ3) is 7.67. The number of carbonyl (C=O) groups is 1. The number of aromatic amines is 1. The molecule has 1 rings (SSSR count). The van der Waals surface area contributed by atoms with Crippen LogP contribution < -0.4 is 5.32 Å². The van der Waals surface area contributed by atoms with E-state index in [-0.39, 0.29) is 15.9 Å². The van der Waals surface area contributed by atoms with Crippen LogP contribution in [0.4, 0.5) is 4.79 Å². The lowest BCUT2D eigenvalue weighted by Gasteiger charge is -2.41. The van der Waals surface area contributed by atoms with Gasteiger partial charge in [-0.3, -0.25) is 0 Å². The van der Waals surface area contributed by atoms with E-state index in [0.717, 1.165) is 0 Å². The summed E-state index contributed by atoms with van der Waals surface area (Å²) < 4.78 is 17.3. The van der Waals surface area contributed by atoms with Crippen LogP contribution in [0.5, 0.6) is 0 Å². The minimum atomic E-state index is -2.18. The van der Waals surface area contributed by atoms with Gasteiger partial charge in [0.2, 0.25) is 0 Å². The number of rotatable bonds is 7. The molecule has 0 saturated carbocycles. The second kappa shape index (κ2) is 9.09. The highest BCUT2D eigenvalue weighted by Crippen LogP contribution is 2.40. The van der Waals surface area contributed by atoms with Crippen molar-refractivity contribution in [3.8, 4) is 0 Å². The van der Waals surface area contributed by atoms with Gasteiger partial charge in [0.25, 0.3) is 0 Å². The molecule has 0 aliphatic rings. The van der Waals surface area contributed by atoms with Crippen LogP contribution in [0.15, 0.2) is 4.52 Å². The van der Waals surface area contributed by atoms with Crippen LogP contribution in [0.25, 0.3) is 0 Å². The normalized spacial score (nSPS) is 15.4. The fourth-order valence-corrected chi connectivity index (χ4v) is 3.81. The zero-order valence-corrected chi connectivity index (χ0v) is 20.7. The molecule has 28 heavy (non-hydrogen) atoms. The van der Waals surface area contributed by atoms with E-state index in [1.54, 1.807) is 0 Å². The molecule has 1 amide bonds. The Labute approximate surface area is 175 Å². The van der Waals surface area contributed by atoms with Gasteiger partial charge in [-0.15, -0.1) is 0 Å². The van der Waals surface area contributed by atoms with Gasteiger partial charge in [-0.05, 0) is 63.5 Å². The number of aromatic nitrogens is 2. The molecule has 0 fully saturated rings. The maximum Gasteiger partial charge on any atom is 0.407 e. The van der Waals surface area contributed by atoms with Gasteiger partial charge in [0.1, 0.15) is 11.7 Å². The maximum atomic E-state index is 12.5. The quantitative estimate of drug-likeness (QED) is 0.423. The Morgan fingerprint density at radius 1 is 1.25 bits per heavy atom. The van der Waals surface area contributed by atoms with Gasteiger partial charge in [0.15, 0.2) is 14.1 Å². The van der Waals surface area contributed by atoms with Crippen molar-refractivity contribution in [3.63, 3.8) is 0 Å². The Morgan fingerprint density at radius 2 is 1.82 bits per heavy atom. The smallest absolute Gasteiger partial charge is 0.407 e. The molecule has 1 heterocycles. The number of alkyl carbamates (subject to hydrolysis) is 1. The summed E-state index contributed by atoms with van der Waals surface area (Å²) in [5.74, 6) is 0.803. The third-order valence-electron chi connectivity index (χ3n) is 4.74. The van der Waals surface area contributed by atoms with E-state index in [1.807, 2.05) is 20.8 Å². The highest BCUT2D eigenvalue weighted by molar-refractivity contribution is 7.71. The maximum absolute atomic E-state index is 12.5. The Balaban J connectivity index is 3.26. The molecule has 2 N–H and O–H groups in total. The fraction of sp³-hybridized carbons (Fsp3) is 0.842. The third-order valence-corrected chi connectivity index (χ3v) is 9.38. The molecular weight excluding hydrogens is 394 g/mol. The van der Waals surface area contributed by atoms with Gasteiger partial charge in [0, 0.05) is 0 Å². The van der Waals surface area contributed by atoms with Crippen LogP contribution in [-0.2, 0) is 9.16 Å². The molecule has 162 valence electrons. The zero-order valence-electron chi connectivity index (χ0n) is 18.9. The van der Waals surface area contributed by atoms with E-state index in [2.05, 4.69) is 63.2 Å². The monoisotopic (exact) mass is 431 g/mol. The summed E-state index contributed by atoms with van der Waals surface area (Å²) in [6, 6.07) is -0.347. The van der Waals surface area contributed by atoms with Gasteiger partial charge in [-0.1, -0.05) is 34.6 Å². The Bertz CT molecular complexity index is 701. The summed E-state index contributed by atoms with van der Waals surface area (Å²) in [6.45, 7) is 20.5. The molecule has 0 aromatic carbocycles. The van der Waals surface area contributed by atoms with Crippen molar-refractivity contribution in [3.05, 3.63) is 10.7 Å². The van der Waals surface area contributed by atoms with Gasteiger partial charge in [0.05, 0.1) is 6.04 Å². The molecule has 0 radical (unpaired) electrons. The number of amides is 1. The highest BCUT2D eigenvalue weighted by atomic mass is 32.1. The molecule has 1 aromatic heterocycles. The minimum Gasteiger partial charge on any atom is -0.444 e. The number of H-pyrrole nitrogens is 1. The lowest BCUT2D eigenvalue weighted by Crippen LogP contribution is -2.49. The number of nitrogens with one attached hydrogen (secondary N) is 2. The topological polar surface area (TPSA) is 89.4 Å². The molecule has 1 aromatic rings. The molecule has 0 saturated heterocycles. The molecule has 0 spiro atoms. The highest BCUT2D eigenvalue weighted by Gasteiger charge is 2.43. The Kier molecular flexibility index (Phi) is 8.06. The number of ether oxygens (including phenoxy) is 1. The number of carbonyl (C=O) groups excluding carboxylic acids is 1. The molecule has 2 atom stereocenters. The van der Waals surface area contributed by atoms with Gasteiger partial charge in [-0.2, -0.15) is 4.98 Å². The Hall–Kier alpha value is -1.19. The molecule has 7 nitrogen and oxygen atoms in total. The minimum absolute atomic E-state index is 0.0138. The molecule has 0 bridgehead atoms.